The van der Waals surface area contributed by atoms with E-state index >= 15 is 0 Å². The molecule has 1 aromatic carbocycles. The molecule has 0 radical (unpaired) electrons. The minimum atomic E-state index is -1.18. The number of amides is 1. The molecular formula is C12H12N2O3. The van der Waals surface area contributed by atoms with Gasteiger partial charge in [0.2, 0.25) is 0 Å². The van der Waals surface area contributed by atoms with Gasteiger partial charge in [-0.1, -0.05) is 6.07 Å². The van der Waals surface area contributed by atoms with Crippen LogP contribution in [0.15, 0.2) is 23.3 Å². The predicted molar refractivity (Wildman–Crippen MR) is 63.0 cm³/mol. The molecule has 1 heterocycles. The van der Waals surface area contributed by atoms with Gasteiger partial charge in [0, 0.05) is 6.21 Å². The van der Waals surface area contributed by atoms with Crippen LogP contribution in [0.2, 0.25) is 0 Å². The molecule has 0 saturated heterocycles. The molecule has 1 unspecified atom stereocenters. The van der Waals surface area contributed by atoms with E-state index in [1.807, 2.05) is 26.0 Å². The molecule has 1 aliphatic rings. The van der Waals surface area contributed by atoms with Gasteiger partial charge in [-0.2, -0.15) is 10.1 Å². The van der Waals surface area contributed by atoms with Gasteiger partial charge in [-0.05, 0) is 37.1 Å². The highest BCUT2D eigenvalue weighted by atomic mass is 16.4. The predicted octanol–water partition coefficient (Wildman–Crippen LogP) is 1.34. The van der Waals surface area contributed by atoms with Crippen molar-refractivity contribution in [2.24, 2.45) is 11.0 Å². The number of carboxylic acids is 1. The molecule has 1 aromatic rings. The zero-order chi connectivity index (χ0) is 12.6. The maximum atomic E-state index is 11.8. The first-order valence-electron chi connectivity index (χ1n) is 5.19. The van der Waals surface area contributed by atoms with Crippen molar-refractivity contribution in [2.45, 2.75) is 13.8 Å². The number of carbonyl (C=O) groups excluding carboxylic acids is 1. The summed E-state index contributed by atoms with van der Waals surface area (Å²) in [5, 5.41) is 13.8. The summed E-state index contributed by atoms with van der Waals surface area (Å²) in [6.45, 7) is 3.89. The van der Waals surface area contributed by atoms with E-state index in [0.717, 1.165) is 22.4 Å². The minimum absolute atomic E-state index is 0.527. The van der Waals surface area contributed by atoms with Crippen LogP contribution < -0.4 is 5.01 Å². The lowest BCUT2D eigenvalue weighted by atomic mass is 10.1. The molecule has 0 fully saturated rings. The van der Waals surface area contributed by atoms with Gasteiger partial charge in [-0.15, -0.1) is 0 Å². The van der Waals surface area contributed by atoms with E-state index in [0.29, 0.717) is 5.69 Å². The Balaban J connectivity index is 2.31. The van der Waals surface area contributed by atoms with Crippen LogP contribution in [-0.2, 0) is 9.59 Å². The Hall–Kier alpha value is -2.17. The van der Waals surface area contributed by atoms with E-state index in [2.05, 4.69) is 5.10 Å². The molecule has 17 heavy (non-hydrogen) atoms. The Kier molecular flexibility index (Phi) is 2.67. The number of benzene rings is 1. The summed E-state index contributed by atoms with van der Waals surface area (Å²) >= 11 is 0. The summed E-state index contributed by atoms with van der Waals surface area (Å²) < 4.78 is 0. The number of rotatable bonds is 2. The lowest BCUT2D eigenvalue weighted by Crippen LogP contribution is -2.30. The molecular weight excluding hydrogens is 220 g/mol. The molecule has 0 aromatic heterocycles. The SMILES string of the molecule is Cc1ccc(N2N=CC(C(=O)O)C2=O)cc1C. The Bertz CT molecular complexity index is 522. The fraction of sp³-hybridized carbons (Fsp3) is 0.250. The monoisotopic (exact) mass is 232 g/mol. The van der Waals surface area contributed by atoms with Crippen LogP contribution in [0, 0.1) is 19.8 Å². The molecule has 88 valence electrons. The van der Waals surface area contributed by atoms with E-state index in [-0.39, 0.29) is 0 Å². The van der Waals surface area contributed by atoms with Crippen LogP contribution in [0.4, 0.5) is 5.69 Å². The first-order valence-corrected chi connectivity index (χ1v) is 5.19. The van der Waals surface area contributed by atoms with Gasteiger partial charge < -0.3 is 5.11 Å². The molecule has 1 amide bonds. The second-order valence-electron chi connectivity index (χ2n) is 4.00. The standard InChI is InChI=1S/C12H12N2O3/c1-7-3-4-9(5-8(7)2)14-11(15)10(6-13-14)12(16)17/h3-6,10H,1-2H3,(H,16,17). The maximum Gasteiger partial charge on any atom is 0.321 e. The average molecular weight is 232 g/mol. The average Bonchev–Trinajstić information content (AvgIpc) is 2.64. The minimum Gasteiger partial charge on any atom is -0.480 e. The number of aryl methyl sites for hydroxylation is 2. The van der Waals surface area contributed by atoms with Gasteiger partial charge in [0.25, 0.3) is 5.91 Å². The molecule has 5 nitrogen and oxygen atoms in total. The maximum absolute atomic E-state index is 11.8. The second-order valence-corrected chi connectivity index (χ2v) is 4.00. The summed E-state index contributed by atoms with van der Waals surface area (Å²) in [5.41, 5.74) is 2.74. The van der Waals surface area contributed by atoms with Gasteiger partial charge in [-0.3, -0.25) is 9.59 Å². The van der Waals surface area contributed by atoms with Crippen LogP contribution in [0.1, 0.15) is 11.1 Å². The fourth-order valence-corrected chi connectivity index (χ4v) is 1.61. The number of hydrazone groups is 1. The van der Waals surface area contributed by atoms with Crippen LogP contribution in [0.25, 0.3) is 0 Å². The molecule has 0 aliphatic carbocycles. The zero-order valence-corrected chi connectivity index (χ0v) is 9.54. The van der Waals surface area contributed by atoms with Crippen molar-refractivity contribution in [3.8, 4) is 0 Å². The molecule has 1 atom stereocenters. The van der Waals surface area contributed by atoms with Crippen molar-refractivity contribution >= 4 is 23.8 Å². The van der Waals surface area contributed by atoms with Crippen molar-refractivity contribution in [3.63, 3.8) is 0 Å². The summed E-state index contributed by atoms with van der Waals surface area (Å²) in [5.74, 6) is -2.87. The zero-order valence-electron chi connectivity index (χ0n) is 9.54. The number of carboxylic acid groups (broad SMARTS) is 1. The Morgan fingerprint density at radius 1 is 1.35 bits per heavy atom. The highest BCUT2D eigenvalue weighted by molar-refractivity contribution is 6.19. The quantitative estimate of drug-likeness (QED) is 0.782. The van der Waals surface area contributed by atoms with Crippen molar-refractivity contribution < 1.29 is 14.7 Å². The first kappa shape index (κ1) is 11.3. The fourth-order valence-electron chi connectivity index (χ4n) is 1.61. The van der Waals surface area contributed by atoms with E-state index in [4.69, 9.17) is 5.11 Å². The van der Waals surface area contributed by atoms with Crippen LogP contribution in [-0.4, -0.2) is 23.2 Å². The van der Waals surface area contributed by atoms with Gasteiger partial charge in [0.05, 0.1) is 5.69 Å². The third-order valence-corrected chi connectivity index (χ3v) is 2.81. The summed E-state index contributed by atoms with van der Waals surface area (Å²) in [4.78, 5) is 22.5. The number of aliphatic carboxylic acids is 1. The second kappa shape index (κ2) is 4.01. The van der Waals surface area contributed by atoms with Gasteiger partial charge in [-0.25, -0.2) is 0 Å². The molecule has 5 heteroatoms. The number of carbonyl (C=O) groups is 2. The normalized spacial score (nSPS) is 18.8. The van der Waals surface area contributed by atoms with E-state index in [1.165, 1.54) is 0 Å². The third kappa shape index (κ3) is 1.91. The molecule has 0 spiro atoms. The van der Waals surface area contributed by atoms with Gasteiger partial charge >= 0.3 is 5.97 Å². The Morgan fingerprint density at radius 2 is 2.06 bits per heavy atom. The summed E-state index contributed by atoms with van der Waals surface area (Å²) in [6, 6.07) is 5.44. The number of hydrogen-bond donors (Lipinski definition) is 1. The third-order valence-electron chi connectivity index (χ3n) is 2.81. The topological polar surface area (TPSA) is 70.0 Å². The largest absolute Gasteiger partial charge is 0.480 e. The van der Waals surface area contributed by atoms with Gasteiger partial charge in [0.15, 0.2) is 5.92 Å². The van der Waals surface area contributed by atoms with Crippen molar-refractivity contribution in [2.75, 3.05) is 5.01 Å². The van der Waals surface area contributed by atoms with Crippen LogP contribution >= 0.6 is 0 Å². The van der Waals surface area contributed by atoms with Crippen LogP contribution in [0.5, 0.6) is 0 Å². The van der Waals surface area contributed by atoms with Crippen molar-refractivity contribution in [1.82, 2.24) is 0 Å². The Labute approximate surface area is 98.4 Å². The molecule has 0 bridgehead atoms. The van der Waals surface area contributed by atoms with E-state index < -0.39 is 17.8 Å². The lowest BCUT2D eigenvalue weighted by molar-refractivity contribution is -0.142. The van der Waals surface area contributed by atoms with Crippen LogP contribution in [0.3, 0.4) is 0 Å². The molecule has 1 N–H and O–H groups in total. The highest BCUT2D eigenvalue weighted by Gasteiger charge is 2.35. The molecule has 0 saturated carbocycles. The summed E-state index contributed by atoms with van der Waals surface area (Å²) in [7, 11) is 0. The van der Waals surface area contributed by atoms with E-state index in [9.17, 15) is 9.59 Å². The summed E-state index contributed by atoms with van der Waals surface area (Å²) in [6.07, 6.45) is 1.15. The van der Waals surface area contributed by atoms with Crippen molar-refractivity contribution in [1.29, 1.82) is 0 Å². The smallest absolute Gasteiger partial charge is 0.321 e. The van der Waals surface area contributed by atoms with Gasteiger partial charge in [0.1, 0.15) is 0 Å². The number of anilines is 1. The number of nitrogens with zero attached hydrogens (tertiary/aromatic N) is 2. The van der Waals surface area contributed by atoms with Crippen molar-refractivity contribution in [3.05, 3.63) is 29.3 Å². The number of hydrogen-bond acceptors (Lipinski definition) is 3. The molecule has 2 rings (SSSR count). The highest BCUT2D eigenvalue weighted by Crippen LogP contribution is 2.23. The first-order chi connectivity index (χ1) is 8.00. The Morgan fingerprint density at radius 3 is 2.59 bits per heavy atom. The molecule has 1 aliphatic heterocycles. The lowest BCUT2D eigenvalue weighted by Gasteiger charge is -2.14. The van der Waals surface area contributed by atoms with E-state index in [1.54, 1.807) is 6.07 Å².